The first kappa shape index (κ1) is 21.4. The Kier molecular flexibility index (Phi) is 5.98. The molecule has 5 rings (SSSR count). The molecule has 0 bridgehead atoms. The van der Waals surface area contributed by atoms with Crippen LogP contribution >= 0.6 is 0 Å². The Morgan fingerprint density at radius 2 is 1.76 bits per heavy atom. The number of H-pyrrole nitrogens is 1. The summed E-state index contributed by atoms with van der Waals surface area (Å²) in [4.78, 5) is 10.3. The van der Waals surface area contributed by atoms with Crippen LogP contribution in [-0.2, 0) is 17.3 Å². The average Bonchev–Trinajstić information content (AvgIpc) is 3.15. The summed E-state index contributed by atoms with van der Waals surface area (Å²) in [7, 11) is -0.666. The first-order valence-electron chi connectivity index (χ1n) is 11.0. The van der Waals surface area contributed by atoms with Crippen LogP contribution in [0.3, 0.4) is 0 Å². The molecule has 1 fully saturated rings. The van der Waals surface area contributed by atoms with Crippen molar-refractivity contribution in [1.29, 1.82) is 0 Å². The van der Waals surface area contributed by atoms with Gasteiger partial charge in [0.2, 0.25) is 0 Å². The highest BCUT2D eigenvalue weighted by Gasteiger charge is 2.19. The van der Waals surface area contributed by atoms with Gasteiger partial charge < -0.3 is 15.8 Å². The van der Waals surface area contributed by atoms with Crippen LogP contribution in [0.5, 0.6) is 5.88 Å². The van der Waals surface area contributed by atoms with Crippen molar-refractivity contribution in [2.75, 3.05) is 30.3 Å². The maximum Gasteiger partial charge on any atom is 0.199 e. The maximum atomic E-state index is 11.6. The van der Waals surface area contributed by atoms with Crippen LogP contribution < -0.4 is 5.73 Å². The van der Waals surface area contributed by atoms with Gasteiger partial charge in [0.05, 0.1) is 17.0 Å². The molecule has 3 aromatic carbocycles. The minimum Gasteiger partial charge on any atom is -0.494 e. The molecule has 0 spiro atoms. The van der Waals surface area contributed by atoms with E-state index < -0.39 is 10.8 Å². The predicted octanol–water partition coefficient (Wildman–Crippen LogP) is 4.19. The predicted molar refractivity (Wildman–Crippen MR) is 136 cm³/mol. The highest BCUT2D eigenvalue weighted by atomic mass is 32.2. The van der Waals surface area contributed by atoms with Gasteiger partial charge >= 0.3 is 0 Å². The molecule has 0 radical (unpaired) electrons. The van der Waals surface area contributed by atoms with Crippen molar-refractivity contribution in [2.45, 2.75) is 6.54 Å². The van der Waals surface area contributed by atoms with Crippen LogP contribution in [0.4, 0.5) is 11.4 Å². The zero-order valence-electron chi connectivity index (χ0n) is 18.2. The van der Waals surface area contributed by atoms with Crippen LogP contribution in [0.1, 0.15) is 16.7 Å². The number of nitrogens with zero attached hydrogens (tertiary/aromatic N) is 2. The Morgan fingerprint density at radius 1 is 1.03 bits per heavy atom. The third-order valence-corrected chi connectivity index (χ3v) is 7.22. The molecular weight excluding hydrogens is 432 g/mol. The molecule has 2 heterocycles. The zero-order valence-corrected chi connectivity index (χ0v) is 19.0. The van der Waals surface area contributed by atoms with Gasteiger partial charge in [-0.05, 0) is 35.9 Å². The number of benzene rings is 3. The van der Waals surface area contributed by atoms with Gasteiger partial charge in [-0.15, -0.1) is 0 Å². The fourth-order valence-corrected chi connectivity index (χ4v) is 5.32. The van der Waals surface area contributed by atoms with Crippen molar-refractivity contribution >= 4 is 38.8 Å². The normalized spacial score (nSPS) is 15.8. The van der Waals surface area contributed by atoms with Gasteiger partial charge in [-0.25, -0.2) is 4.99 Å². The van der Waals surface area contributed by atoms with Crippen molar-refractivity contribution in [1.82, 2.24) is 9.88 Å². The van der Waals surface area contributed by atoms with Crippen LogP contribution in [-0.4, -0.2) is 49.5 Å². The van der Waals surface area contributed by atoms with E-state index in [0.717, 1.165) is 53.3 Å². The Hall–Kier alpha value is -3.42. The van der Waals surface area contributed by atoms with Crippen molar-refractivity contribution < 1.29 is 9.32 Å². The van der Waals surface area contributed by atoms with Gasteiger partial charge in [-0.1, -0.05) is 42.5 Å². The summed E-state index contributed by atoms with van der Waals surface area (Å²) in [5, 5.41) is 11.6. The van der Waals surface area contributed by atoms with E-state index in [1.165, 1.54) is 5.56 Å². The molecule has 0 unspecified atom stereocenters. The van der Waals surface area contributed by atoms with Crippen LogP contribution in [0.15, 0.2) is 77.8 Å². The lowest BCUT2D eigenvalue weighted by Crippen LogP contribution is -2.37. The molecule has 1 aromatic heterocycles. The molecule has 0 amide bonds. The van der Waals surface area contributed by atoms with Crippen molar-refractivity contribution in [3.8, 4) is 5.88 Å². The van der Waals surface area contributed by atoms with Crippen molar-refractivity contribution in [2.24, 2.45) is 4.99 Å². The summed E-state index contributed by atoms with van der Waals surface area (Å²) in [6.07, 6.45) is 0. The highest BCUT2D eigenvalue weighted by Crippen LogP contribution is 2.32. The summed E-state index contributed by atoms with van der Waals surface area (Å²) in [6.45, 7) is 2.58. The average molecular weight is 459 g/mol. The molecule has 168 valence electrons. The summed E-state index contributed by atoms with van der Waals surface area (Å²) in [5.74, 6) is 1.57. The Balaban J connectivity index is 1.51. The van der Waals surface area contributed by atoms with Gasteiger partial charge in [-0.2, -0.15) is 0 Å². The van der Waals surface area contributed by atoms with Gasteiger partial charge in [0.25, 0.3) is 0 Å². The number of fused-ring (bicyclic) bond motifs is 1. The molecule has 0 atom stereocenters. The number of hydrogen-bond donors (Lipinski definition) is 3. The fourth-order valence-electron chi connectivity index (χ4n) is 4.19. The zero-order chi connectivity index (χ0) is 22.8. The first-order valence-corrected chi connectivity index (χ1v) is 12.5. The molecule has 4 aromatic rings. The molecule has 6 nitrogen and oxygen atoms in total. The number of aromatic nitrogens is 1. The highest BCUT2D eigenvalue weighted by molar-refractivity contribution is 7.85. The number of nitrogens with one attached hydrogen (secondary N) is 1. The van der Waals surface area contributed by atoms with Gasteiger partial charge in [0.15, 0.2) is 5.88 Å². The van der Waals surface area contributed by atoms with E-state index in [-0.39, 0.29) is 5.88 Å². The lowest BCUT2D eigenvalue weighted by atomic mass is 10.0. The summed E-state index contributed by atoms with van der Waals surface area (Å²) >= 11 is 0. The number of anilines is 1. The van der Waals surface area contributed by atoms with Crippen LogP contribution in [0.2, 0.25) is 0 Å². The number of hydrogen-bond acceptors (Lipinski definition) is 5. The fraction of sp³-hybridized carbons (Fsp3) is 0.192. The SMILES string of the molecule is Nc1ccc2[nH]c(O)c(C(=Nc3ccc(CN4CCS(=O)CC4)cc3)c3ccccc3)c2c1. The lowest BCUT2D eigenvalue weighted by molar-refractivity contribution is 0.291. The Morgan fingerprint density at radius 3 is 2.48 bits per heavy atom. The number of rotatable bonds is 5. The molecule has 1 aliphatic heterocycles. The quantitative estimate of drug-likeness (QED) is 0.309. The molecular formula is C26H26N4O2S. The molecule has 0 saturated carbocycles. The van der Waals surface area contributed by atoms with E-state index in [9.17, 15) is 9.32 Å². The number of nitrogen functional groups attached to an aromatic ring is 1. The minimum absolute atomic E-state index is 0.0670. The monoisotopic (exact) mass is 458 g/mol. The Bertz CT molecular complexity index is 1320. The molecule has 0 aliphatic carbocycles. The number of aliphatic imine (C=N–C) groups is 1. The smallest absolute Gasteiger partial charge is 0.199 e. The van der Waals surface area contributed by atoms with Gasteiger partial charge in [0.1, 0.15) is 0 Å². The molecule has 4 N–H and O–H groups in total. The summed E-state index contributed by atoms with van der Waals surface area (Å²) in [5.41, 5.74) is 11.7. The van der Waals surface area contributed by atoms with E-state index >= 15 is 0 Å². The number of nitrogens with two attached hydrogens (primary N) is 1. The maximum absolute atomic E-state index is 11.6. The third-order valence-electron chi connectivity index (χ3n) is 5.94. The van der Waals surface area contributed by atoms with E-state index in [4.69, 9.17) is 10.7 Å². The van der Waals surface area contributed by atoms with E-state index in [1.807, 2.05) is 54.6 Å². The number of aromatic amines is 1. The van der Waals surface area contributed by atoms with E-state index in [0.29, 0.717) is 17.0 Å². The number of aromatic hydroxyl groups is 1. The minimum atomic E-state index is -0.666. The van der Waals surface area contributed by atoms with Crippen molar-refractivity contribution in [3.63, 3.8) is 0 Å². The summed E-state index contributed by atoms with van der Waals surface area (Å²) in [6, 6.07) is 23.5. The molecule has 7 heteroatoms. The molecule has 33 heavy (non-hydrogen) atoms. The van der Waals surface area contributed by atoms with Crippen LogP contribution in [0, 0.1) is 0 Å². The van der Waals surface area contributed by atoms with E-state index in [2.05, 4.69) is 22.0 Å². The topological polar surface area (TPSA) is 94.7 Å². The first-order chi connectivity index (χ1) is 16.1. The van der Waals surface area contributed by atoms with Crippen LogP contribution in [0.25, 0.3) is 10.9 Å². The Labute approximate surface area is 195 Å². The second kappa shape index (κ2) is 9.21. The van der Waals surface area contributed by atoms with Gasteiger partial charge in [-0.3, -0.25) is 9.11 Å². The lowest BCUT2D eigenvalue weighted by Gasteiger charge is -2.26. The summed E-state index contributed by atoms with van der Waals surface area (Å²) < 4.78 is 11.6. The van der Waals surface area contributed by atoms with E-state index in [1.54, 1.807) is 6.07 Å². The molecule has 1 saturated heterocycles. The van der Waals surface area contributed by atoms with Crippen molar-refractivity contribution in [3.05, 3.63) is 89.5 Å². The largest absolute Gasteiger partial charge is 0.494 e. The second-order valence-corrected chi connectivity index (χ2v) is 9.97. The third kappa shape index (κ3) is 4.69. The second-order valence-electron chi connectivity index (χ2n) is 8.27. The standard InChI is InChI=1S/C26H26N4O2S/c27-20-8-11-23-22(16-20)24(26(31)29-23)25(19-4-2-1-3-5-19)28-21-9-6-18(7-10-21)17-30-12-14-33(32)15-13-30/h1-11,16,29,31H,12-15,17,27H2. The molecule has 1 aliphatic rings. The van der Waals surface area contributed by atoms with Gasteiger partial charge in [0, 0.05) is 64.1 Å².